The van der Waals surface area contributed by atoms with E-state index in [0.717, 1.165) is 24.6 Å². The topological polar surface area (TPSA) is 38.3 Å². The summed E-state index contributed by atoms with van der Waals surface area (Å²) in [4.78, 5) is 0. The summed E-state index contributed by atoms with van der Waals surface area (Å²) in [5.41, 5.74) is 0. The molecule has 0 atom stereocenters. The number of rotatable bonds is 0. The lowest BCUT2D eigenvalue weighted by molar-refractivity contribution is 0.404. The zero-order valence-electron chi connectivity index (χ0n) is 4.89. The van der Waals surface area contributed by atoms with Crippen molar-refractivity contribution in [3.05, 3.63) is 5.21 Å². The molecule has 1 fully saturated rings. The fourth-order valence-electron chi connectivity index (χ4n) is 0.821. The predicted octanol–water partition coefficient (Wildman–Crippen LogP) is -0.221. The van der Waals surface area contributed by atoms with Gasteiger partial charge < -0.3 is 15.6 Å². The van der Waals surface area contributed by atoms with Gasteiger partial charge in [-0.2, -0.15) is 0 Å². The van der Waals surface area contributed by atoms with E-state index in [-0.39, 0.29) is 0 Å². The van der Waals surface area contributed by atoms with Gasteiger partial charge in [0.05, 0.1) is 0 Å². The minimum absolute atomic E-state index is 0.653. The third-order valence-corrected chi connectivity index (χ3v) is 1.30. The Hall–Kier alpha value is -0.120. The van der Waals surface area contributed by atoms with E-state index in [1.165, 1.54) is 0 Å². The standard InChI is InChI=1S/C5H11N2O/c8-7-4-1-2-6-3-5-7/h6H,1-5H2/q-1. The summed E-state index contributed by atoms with van der Waals surface area (Å²) in [6.45, 7) is 3.20. The molecule has 0 amide bonds. The molecule has 0 aromatic carbocycles. The minimum atomic E-state index is 0.653. The van der Waals surface area contributed by atoms with E-state index in [1.807, 2.05) is 0 Å². The van der Waals surface area contributed by atoms with Crippen molar-refractivity contribution in [1.82, 2.24) is 10.4 Å². The Morgan fingerprint density at radius 3 is 3.00 bits per heavy atom. The fraction of sp³-hybridized carbons (Fsp3) is 1.00. The molecule has 1 saturated heterocycles. The Morgan fingerprint density at radius 1 is 1.25 bits per heavy atom. The van der Waals surface area contributed by atoms with Gasteiger partial charge in [0.1, 0.15) is 0 Å². The number of hydroxylamine groups is 2. The zero-order valence-corrected chi connectivity index (χ0v) is 4.89. The van der Waals surface area contributed by atoms with Crippen molar-refractivity contribution >= 4 is 0 Å². The second kappa shape index (κ2) is 3.02. The molecule has 0 aliphatic carbocycles. The molecular formula is C5H11N2O-. The van der Waals surface area contributed by atoms with Crippen LogP contribution in [0.1, 0.15) is 6.42 Å². The highest BCUT2D eigenvalue weighted by molar-refractivity contribution is 4.64. The summed E-state index contributed by atoms with van der Waals surface area (Å²) in [5, 5.41) is 14.8. The lowest BCUT2D eigenvalue weighted by atomic mass is 10.4. The van der Waals surface area contributed by atoms with Gasteiger partial charge in [0.15, 0.2) is 0 Å². The average molecular weight is 115 g/mol. The van der Waals surface area contributed by atoms with Crippen molar-refractivity contribution in [2.75, 3.05) is 26.2 Å². The van der Waals surface area contributed by atoms with Crippen molar-refractivity contribution in [3.8, 4) is 0 Å². The van der Waals surface area contributed by atoms with Crippen molar-refractivity contribution in [2.45, 2.75) is 6.42 Å². The van der Waals surface area contributed by atoms with Gasteiger partial charge in [-0.3, -0.25) is 0 Å². The summed E-state index contributed by atoms with van der Waals surface area (Å²) in [7, 11) is 0. The van der Waals surface area contributed by atoms with Crippen LogP contribution >= 0.6 is 0 Å². The van der Waals surface area contributed by atoms with Crippen LogP contribution in [-0.4, -0.2) is 31.2 Å². The SMILES string of the molecule is [O-]N1CCCNCC1. The molecule has 0 aromatic heterocycles. The summed E-state index contributed by atoms with van der Waals surface area (Å²) < 4.78 is 0. The summed E-state index contributed by atoms with van der Waals surface area (Å²) in [6, 6.07) is 0. The molecule has 3 heteroatoms. The van der Waals surface area contributed by atoms with Gasteiger partial charge in [0.25, 0.3) is 0 Å². The summed E-state index contributed by atoms with van der Waals surface area (Å²) in [6.07, 6.45) is 0.990. The molecule has 1 N–H and O–H groups in total. The van der Waals surface area contributed by atoms with Crippen molar-refractivity contribution in [1.29, 1.82) is 0 Å². The van der Waals surface area contributed by atoms with E-state index >= 15 is 0 Å². The van der Waals surface area contributed by atoms with E-state index in [2.05, 4.69) is 5.32 Å². The molecule has 48 valence electrons. The first-order valence-corrected chi connectivity index (χ1v) is 3.02. The molecule has 0 aromatic rings. The van der Waals surface area contributed by atoms with Gasteiger partial charge in [-0.25, -0.2) is 0 Å². The van der Waals surface area contributed by atoms with Gasteiger partial charge in [0.2, 0.25) is 0 Å². The number of nitrogens with one attached hydrogen (secondary N) is 1. The molecule has 8 heavy (non-hydrogen) atoms. The van der Waals surface area contributed by atoms with E-state index in [9.17, 15) is 5.21 Å². The molecule has 0 bridgehead atoms. The maximum atomic E-state index is 10.6. The van der Waals surface area contributed by atoms with Crippen molar-refractivity contribution < 1.29 is 0 Å². The van der Waals surface area contributed by atoms with Crippen LogP contribution < -0.4 is 5.32 Å². The second-order valence-electron chi connectivity index (χ2n) is 2.03. The second-order valence-corrected chi connectivity index (χ2v) is 2.03. The number of nitrogens with zero attached hydrogens (tertiary/aromatic N) is 1. The summed E-state index contributed by atoms with van der Waals surface area (Å²) >= 11 is 0. The fourth-order valence-corrected chi connectivity index (χ4v) is 0.821. The first-order valence-electron chi connectivity index (χ1n) is 3.02. The highest BCUT2D eigenvalue weighted by Crippen LogP contribution is 1.89. The number of hydrogen-bond donors (Lipinski definition) is 1. The predicted molar refractivity (Wildman–Crippen MR) is 32.4 cm³/mol. The normalized spacial score (nSPS) is 25.1. The van der Waals surface area contributed by atoms with Crippen LogP contribution in [0.5, 0.6) is 0 Å². The number of hydrogen-bond acceptors (Lipinski definition) is 3. The van der Waals surface area contributed by atoms with Crippen LogP contribution in [0, 0.1) is 5.21 Å². The van der Waals surface area contributed by atoms with Crippen LogP contribution in [0.3, 0.4) is 0 Å². The highest BCUT2D eigenvalue weighted by atomic mass is 16.5. The Bertz CT molecular complexity index is 59.4. The van der Waals surface area contributed by atoms with Crippen LogP contribution in [0.15, 0.2) is 0 Å². The molecule has 0 spiro atoms. The van der Waals surface area contributed by atoms with E-state index in [0.29, 0.717) is 13.1 Å². The molecule has 1 heterocycles. The Balaban J connectivity index is 2.17. The molecule has 0 radical (unpaired) electrons. The lowest BCUT2D eigenvalue weighted by Crippen LogP contribution is -2.22. The largest absolute Gasteiger partial charge is 0.785 e. The third-order valence-electron chi connectivity index (χ3n) is 1.30. The Labute approximate surface area is 49.3 Å². The van der Waals surface area contributed by atoms with Gasteiger partial charge in [0, 0.05) is 6.54 Å². The van der Waals surface area contributed by atoms with E-state index in [1.54, 1.807) is 0 Å². The van der Waals surface area contributed by atoms with E-state index < -0.39 is 0 Å². The summed E-state index contributed by atoms with van der Waals surface area (Å²) in [5.74, 6) is 0. The van der Waals surface area contributed by atoms with Crippen molar-refractivity contribution in [2.24, 2.45) is 0 Å². The Kier molecular flexibility index (Phi) is 2.27. The molecule has 1 rings (SSSR count). The van der Waals surface area contributed by atoms with Gasteiger partial charge in [-0.15, -0.1) is 0 Å². The lowest BCUT2D eigenvalue weighted by Gasteiger charge is -2.24. The average Bonchev–Trinajstić information content (AvgIpc) is 1.94. The first-order chi connectivity index (χ1) is 3.89. The highest BCUT2D eigenvalue weighted by Gasteiger charge is 1.96. The Morgan fingerprint density at radius 2 is 2.12 bits per heavy atom. The van der Waals surface area contributed by atoms with E-state index in [4.69, 9.17) is 0 Å². The van der Waals surface area contributed by atoms with Crippen LogP contribution in [0.25, 0.3) is 0 Å². The minimum Gasteiger partial charge on any atom is -0.785 e. The van der Waals surface area contributed by atoms with Crippen LogP contribution in [-0.2, 0) is 0 Å². The quantitative estimate of drug-likeness (QED) is 0.474. The molecule has 0 unspecified atom stereocenters. The maximum Gasteiger partial charge on any atom is 0.00699 e. The third kappa shape index (κ3) is 1.78. The first kappa shape index (κ1) is 6.01. The van der Waals surface area contributed by atoms with Crippen LogP contribution in [0.4, 0.5) is 0 Å². The smallest absolute Gasteiger partial charge is 0.00699 e. The molecule has 1 aliphatic heterocycles. The van der Waals surface area contributed by atoms with Crippen LogP contribution in [0.2, 0.25) is 0 Å². The molecule has 1 aliphatic rings. The monoisotopic (exact) mass is 115 g/mol. The molecule has 0 saturated carbocycles. The van der Waals surface area contributed by atoms with Gasteiger partial charge >= 0.3 is 0 Å². The molecule has 3 nitrogen and oxygen atoms in total. The maximum absolute atomic E-state index is 10.6. The molecular weight excluding hydrogens is 104 g/mol. The zero-order chi connectivity index (χ0) is 5.82. The van der Waals surface area contributed by atoms with Gasteiger partial charge in [-0.1, -0.05) is 0 Å². The van der Waals surface area contributed by atoms with Gasteiger partial charge in [-0.05, 0) is 26.1 Å². The van der Waals surface area contributed by atoms with Crippen molar-refractivity contribution in [3.63, 3.8) is 0 Å².